The highest BCUT2D eigenvalue weighted by Gasteiger charge is 2.15. The summed E-state index contributed by atoms with van der Waals surface area (Å²) < 4.78 is 1.35. The van der Waals surface area contributed by atoms with E-state index in [2.05, 4.69) is 0 Å². The Morgan fingerprint density at radius 1 is 1.20 bits per heavy atom. The summed E-state index contributed by atoms with van der Waals surface area (Å²) in [4.78, 5) is 12.5. The second-order valence-electron chi connectivity index (χ2n) is 4.69. The van der Waals surface area contributed by atoms with Gasteiger partial charge in [0.25, 0.3) is 0 Å². The van der Waals surface area contributed by atoms with Gasteiger partial charge in [-0.05, 0) is 17.7 Å². The molecule has 106 valence electrons. The van der Waals surface area contributed by atoms with Crippen molar-refractivity contribution in [2.24, 2.45) is 0 Å². The molecule has 0 saturated carbocycles. The Morgan fingerprint density at radius 3 is 2.25 bits per heavy atom. The summed E-state index contributed by atoms with van der Waals surface area (Å²) in [5.41, 5.74) is 1.50. The average molecular weight is 276 g/mol. The number of aromatic hydroxyl groups is 2. The molecule has 0 unspecified atom stereocenters. The zero-order valence-corrected chi connectivity index (χ0v) is 11.2. The number of carboxylic acids is 1. The molecule has 2 rings (SSSR count). The number of carboxylic acid groups (broad SMARTS) is 1. The number of rotatable bonds is 4. The number of hydrogen-bond acceptors (Lipinski definition) is 4. The number of anilines is 1. The van der Waals surface area contributed by atoms with Crippen LogP contribution >= 0.6 is 0 Å². The molecule has 0 atom stereocenters. The van der Waals surface area contributed by atoms with Crippen molar-refractivity contribution < 1.29 is 20.1 Å². The molecule has 0 aliphatic rings. The van der Waals surface area contributed by atoms with Crippen LogP contribution in [0.4, 0.5) is 5.69 Å². The van der Waals surface area contributed by atoms with Gasteiger partial charge in [-0.1, -0.05) is 12.1 Å². The maximum Gasteiger partial charge on any atom is 0.335 e. The molecule has 20 heavy (non-hydrogen) atoms. The number of aromatic carboxylic acids is 1. The Hall–Kier alpha value is -2.63. The Kier molecular flexibility index (Phi) is 3.56. The van der Waals surface area contributed by atoms with Gasteiger partial charge in [-0.25, -0.2) is 4.79 Å². The minimum atomic E-state index is -0.988. The molecule has 3 N–H and O–H groups in total. The van der Waals surface area contributed by atoms with Crippen molar-refractivity contribution in [3.05, 3.63) is 41.5 Å². The molecule has 1 heterocycles. The maximum atomic E-state index is 10.8. The van der Waals surface area contributed by atoms with E-state index in [4.69, 9.17) is 5.11 Å². The van der Waals surface area contributed by atoms with Gasteiger partial charge in [0.15, 0.2) is 5.88 Å². The summed E-state index contributed by atoms with van der Waals surface area (Å²) in [5.74, 6) is -1.07. The van der Waals surface area contributed by atoms with Crippen LogP contribution in [0.2, 0.25) is 0 Å². The third-order valence-corrected chi connectivity index (χ3v) is 3.05. The van der Waals surface area contributed by atoms with Crippen molar-refractivity contribution in [2.75, 3.05) is 19.0 Å². The molecule has 1 aromatic heterocycles. The van der Waals surface area contributed by atoms with E-state index >= 15 is 0 Å². The molecule has 0 saturated heterocycles. The van der Waals surface area contributed by atoms with Crippen molar-refractivity contribution in [3.8, 4) is 11.8 Å². The minimum Gasteiger partial charge on any atom is -0.494 e. The molecule has 0 aliphatic carbocycles. The Morgan fingerprint density at radius 2 is 1.80 bits per heavy atom. The monoisotopic (exact) mass is 276 g/mol. The summed E-state index contributed by atoms with van der Waals surface area (Å²) in [5, 5.41) is 28.7. The number of benzene rings is 1. The van der Waals surface area contributed by atoms with E-state index in [0.29, 0.717) is 5.69 Å². The van der Waals surface area contributed by atoms with E-state index in [1.54, 1.807) is 31.1 Å². The lowest BCUT2D eigenvalue weighted by Gasteiger charge is -2.11. The first-order valence-corrected chi connectivity index (χ1v) is 6.01. The van der Waals surface area contributed by atoms with Crippen LogP contribution in [-0.4, -0.2) is 40.0 Å². The van der Waals surface area contributed by atoms with Crippen LogP contribution in [-0.2, 0) is 6.54 Å². The number of nitrogens with zero attached hydrogens (tertiary/aromatic N) is 2. The van der Waals surface area contributed by atoms with Crippen molar-refractivity contribution in [3.63, 3.8) is 0 Å². The first-order chi connectivity index (χ1) is 9.40. The largest absolute Gasteiger partial charge is 0.494 e. The molecule has 0 spiro atoms. The van der Waals surface area contributed by atoms with Gasteiger partial charge in [-0.15, -0.1) is 0 Å². The standard InChI is InChI=1S/C14H16N2O4/c1-15(2)11-7-12(17)16(13(11)18)8-9-3-5-10(6-4-9)14(19)20/h3-7,17-18H,8H2,1-2H3,(H,19,20). The van der Waals surface area contributed by atoms with Crippen molar-refractivity contribution in [1.29, 1.82) is 0 Å². The van der Waals surface area contributed by atoms with Crippen molar-refractivity contribution >= 4 is 11.7 Å². The van der Waals surface area contributed by atoms with E-state index in [1.807, 2.05) is 0 Å². The third kappa shape index (κ3) is 2.54. The van der Waals surface area contributed by atoms with Gasteiger partial charge in [0.05, 0.1) is 12.1 Å². The predicted octanol–water partition coefficient (Wildman–Crippen LogP) is 1.71. The molecule has 6 heteroatoms. The molecule has 6 nitrogen and oxygen atoms in total. The van der Waals surface area contributed by atoms with Gasteiger partial charge in [0, 0.05) is 20.2 Å². The smallest absolute Gasteiger partial charge is 0.335 e. The molecule has 0 radical (unpaired) electrons. The van der Waals surface area contributed by atoms with Gasteiger partial charge in [-0.3, -0.25) is 4.57 Å². The molecule has 1 aromatic carbocycles. The van der Waals surface area contributed by atoms with Gasteiger partial charge < -0.3 is 20.2 Å². The Balaban J connectivity index is 2.28. The lowest BCUT2D eigenvalue weighted by Crippen LogP contribution is -2.08. The molecule has 0 amide bonds. The highest BCUT2D eigenvalue weighted by atomic mass is 16.4. The highest BCUT2D eigenvalue weighted by molar-refractivity contribution is 5.87. The van der Waals surface area contributed by atoms with E-state index in [9.17, 15) is 15.0 Å². The highest BCUT2D eigenvalue weighted by Crippen LogP contribution is 2.34. The first kappa shape index (κ1) is 13.8. The zero-order chi connectivity index (χ0) is 14.9. The van der Waals surface area contributed by atoms with Gasteiger partial charge in [0.2, 0.25) is 5.88 Å². The van der Waals surface area contributed by atoms with Crippen LogP contribution in [0.5, 0.6) is 11.8 Å². The molecule has 2 aromatic rings. The number of aromatic nitrogens is 1. The van der Waals surface area contributed by atoms with E-state index in [0.717, 1.165) is 5.56 Å². The van der Waals surface area contributed by atoms with Crippen molar-refractivity contribution in [1.82, 2.24) is 4.57 Å². The van der Waals surface area contributed by atoms with Gasteiger partial charge >= 0.3 is 5.97 Å². The lowest BCUT2D eigenvalue weighted by molar-refractivity contribution is 0.0697. The second-order valence-corrected chi connectivity index (χ2v) is 4.69. The van der Waals surface area contributed by atoms with E-state index < -0.39 is 5.97 Å². The summed E-state index contributed by atoms with van der Waals surface area (Å²) in [6.07, 6.45) is 0. The fourth-order valence-corrected chi connectivity index (χ4v) is 1.93. The second kappa shape index (κ2) is 5.16. The van der Waals surface area contributed by atoms with E-state index in [-0.39, 0.29) is 23.9 Å². The maximum absolute atomic E-state index is 10.8. The van der Waals surface area contributed by atoms with Crippen LogP contribution in [0.15, 0.2) is 30.3 Å². The van der Waals surface area contributed by atoms with Crippen molar-refractivity contribution in [2.45, 2.75) is 6.54 Å². The molecular formula is C14H16N2O4. The fourth-order valence-electron chi connectivity index (χ4n) is 1.93. The van der Waals surface area contributed by atoms with Crippen LogP contribution in [0.25, 0.3) is 0 Å². The van der Waals surface area contributed by atoms with Crippen LogP contribution in [0.1, 0.15) is 15.9 Å². The predicted molar refractivity (Wildman–Crippen MR) is 74.6 cm³/mol. The van der Waals surface area contributed by atoms with Crippen LogP contribution in [0, 0.1) is 0 Å². The summed E-state index contributed by atoms with van der Waals surface area (Å²) in [6.45, 7) is 0.255. The molecule has 0 bridgehead atoms. The Labute approximate surface area is 116 Å². The Bertz CT molecular complexity index is 629. The summed E-state index contributed by atoms with van der Waals surface area (Å²) in [6, 6.07) is 7.75. The summed E-state index contributed by atoms with van der Waals surface area (Å²) >= 11 is 0. The number of hydrogen-bond donors (Lipinski definition) is 3. The lowest BCUT2D eigenvalue weighted by atomic mass is 10.1. The topological polar surface area (TPSA) is 85.9 Å². The first-order valence-electron chi connectivity index (χ1n) is 6.01. The molecule has 0 fully saturated rings. The van der Waals surface area contributed by atoms with Gasteiger partial charge in [-0.2, -0.15) is 0 Å². The normalized spacial score (nSPS) is 10.5. The average Bonchev–Trinajstić information content (AvgIpc) is 2.67. The molecular weight excluding hydrogens is 260 g/mol. The third-order valence-electron chi connectivity index (χ3n) is 3.05. The number of carbonyl (C=O) groups is 1. The zero-order valence-electron chi connectivity index (χ0n) is 11.2. The summed E-state index contributed by atoms with van der Waals surface area (Å²) in [7, 11) is 3.53. The van der Waals surface area contributed by atoms with Crippen LogP contribution < -0.4 is 4.90 Å². The van der Waals surface area contributed by atoms with Crippen LogP contribution in [0.3, 0.4) is 0 Å². The fraction of sp³-hybridized carbons (Fsp3) is 0.214. The SMILES string of the molecule is CN(C)c1cc(O)n(Cc2ccc(C(=O)O)cc2)c1O. The van der Waals surface area contributed by atoms with E-state index in [1.165, 1.54) is 22.8 Å². The quantitative estimate of drug-likeness (QED) is 0.791. The minimum absolute atomic E-state index is 0.0326. The molecule has 0 aliphatic heterocycles. The van der Waals surface area contributed by atoms with Gasteiger partial charge in [0.1, 0.15) is 5.69 Å².